The fourth-order valence-electron chi connectivity index (χ4n) is 3.97. The van der Waals surface area contributed by atoms with Gasteiger partial charge < -0.3 is 10.1 Å². The van der Waals surface area contributed by atoms with E-state index in [0.29, 0.717) is 17.3 Å². The number of aromatic nitrogens is 2. The van der Waals surface area contributed by atoms with Crippen LogP contribution in [0.4, 0.5) is 0 Å². The van der Waals surface area contributed by atoms with E-state index in [1.807, 2.05) is 18.2 Å². The lowest BCUT2D eigenvalue weighted by atomic mass is 10.00. The Bertz CT molecular complexity index is 1340. The van der Waals surface area contributed by atoms with Crippen molar-refractivity contribution in [2.75, 3.05) is 0 Å². The Morgan fingerprint density at radius 2 is 1.81 bits per heavy atom. The van der Waals surface area contributed by atoms with Crippen LogP contribution in [0, 0.1) is 0 Å². The summed E-state index contributed by atoms with van der Waals surface area (Å²) in [6, 6.07) is 21.3. The number of benzene rings is 3. The Balaban J connectivity index is 1.30. The predicted octanol–water partition coefficient (Wildman–Crippen LogP) is 3.84. The van der Waals surface area contributed by atoms with Crippen LogP contribution >= 0.6 is 0 Å². The molecular formula is C25H21N3O3. The molecule has 0 spiro atoms. The Labute approximate surface area is 178 Å². The number of rotatable bonds is 4. The van der Waals surface area contributed by atoms with Gasteiger partial charge in [0.05, 0.1) is 5.39 Å². The van der Waals surface area contributed by atoms with E-state index in [-0.39, 0.29) is 23.3 Å². The summed E-state index contributed by atoms with van der Waals surface area (Å²) in [5.41, 5.74) is 4.38. The van der Waals surface area contributed by atoms with Gasteiger partial charge in [0.15, 0.2) is 5.69 Å². The number of carbonyl (C=O) groups is 1. The van der Waals surface area contributed by atoms with Gasteiger partial charge in [-0.25, -0.2) is 5.10 Å². The maximum Gasteiger partial charge on any atom is 0.272 e. The number of H-pyrrole nitrogens is 1. The first-order valence-electron chi connectivity index (χ1n) is 10.2. The average molecular weight is 411 g/mol. The highest BCUT2D eigenvalue weighted by Crippen LogP contribution is 2.32. The van der Waals surface area contributed by atoms with Crippen molar-refractivity contribution in [3.8, 4) is 16.9 Å². The normalized spacial score (nSPS) is 14.8. The lowest BCUT2D eigenvalue weighted by molar-refractivity contribution is 0.0946. The quantitative estimate of drug-likeness (QED) is 0.534. The standard InChI is InChI=1S/C25H21N3O3/c1-15-12-19-13-18(10-11-22(19)31-15)17-8-6-16(7-9-17)14-26-25(30)23-20-4-2-3-5-21(20)24(29)28-27-23/h2-11,13,15H,12,14H2,1H3,(H,26,30)(H,28,29). The van der Waals surface area contributed by atoms with Crippen molar-refractivity contribution >= 4 is 16.7 Å². The maximum atomic E-state index is 12.7. The van der Waals surface area contributed by atoms with E-state index < -0.39 is 0 Å². The van der Waals surface area contributed by atoms with Crippen LogP contribution in [0.25, 0.3) is 21.9 Å². The third kappa shape index (κ3) is 3.68. The molecule has 0 aliphatic carbocycles. The number of ether oxygens (including phenoxy) is 1. The SMILES string of the molecule is CC1Cc2cc(-c3ccc(CNC(=O)c4n[nH]c(=O)c5ccccc45)cc3)ccc2O1. The largest absolute Gasteiger partial charge is 0.490 e. The van der Waals surface area contributed by atoms with Gasteiger partial charge >= 0.3 is 0 Å². The molecule has 2 heterocycles. The number of aromatic amines is 1. The van der Waals surface area contributed by atoms with Gasteiger partial charge in [0, 0.05) is 18.4 Å². The molecule has 1 amide bonds. The molecule has 4 aromatic rings. The van der Waals surface area contributed by atoms with Crippen LogP contribution in [-0.4, -0.2) is 22.2 Å². The van der Waals surface area contributed by atoms with Gasteiger partial charge in [0.25, 0.3) is 11.5 Å². The first kappa shape index (κ1) is 19.1. The average Bonchev–Trinajstić information content (AvgIpc) is 3.17. The lowest BCUT2D eigenvalue weighted by Crippen LogP contribution is -2.26. The van der Waals surface area contributed by atoms with Crippen LogP contribution < -0.4 is 15.6 Å². The molecule has 6 nitrogen and oxygen atoms in total. The van der Waals surface area contributed by atoms with E-state index in [1.54, 1.807) is 24.3 Å². The van der Waals surface area contributed by atoms with Crippen LogP contribution in [-0.2, 0) is 13.0 Å². The van der Waals surface area contributed by atoms with Crippen molar-refractivity contribution in [3.63, 3.8) is 0 Å². The molecule has 1 atom stereocenters. The number of hydrogen-bond acceptors (Lipinski definition) is 4. The predicted molar refractivity (Wildman–Crippen MR) is 119 cm³/mol. The van der Waals surface area contributed by atoms with E-state index in [9.17, 15) is 9.59 Å². The zero-order valence-corrected chi connectivity index (χ0v) is 17.0. The zero-order chi connectivity index (χ0) is 21.4. The number of nitrogens with one attached hydrogen (secondary N) is 2. The molecule has 0 fully saturated rings. The molecule has 5 rings (SSSR count). The summed E-state index contributed by atoms with van der Waals surface area (Å²) < 4.78 is 5.78. The third-order valence-electron chi connectivity index (χ3n) is 5.55. The number of fused-ring (bicyclic) bond motifs is 2. The van der Waals surface area contributed by atoms with Crippen molar-refractivity contribution in [1.29, 1.82) is 0 Å². The number of amides is 1. The summed E-state index contributed by atoms with van der Waals surface area (Å²) in [6.07, 6.45) is 1.16. The molecule has 1 aliphatic rings. The minimum Gasteiger partial charge on any atom is -0.490 e. The molecule has 1 unspecified atom stereocenters. The van der Waals surface area contributed by atoms with E-state index in [0.717, 1.165) is 28.9 Å². The van der Waals surface area contributed by atoms with Crippen LogP contribution in [0.5, 0.6) is 5.75 Å². The second kappa shape index (κ2) is 7.72. The number of hydrogen-bond donors (Lipinski definition) is 2. The van der Waals surface area contributed by atoms with Crippen LogP contribution in [0.1, 0.15) is 28.5 Å². The number of carbonyl (C=O) groups excluding carboxylic acids is 1. The van der Waals surface area contributed by atoms with Crippen molar-refractivity contribution in [3.05, 3.63) is 93.9 Å². The van der Waals surface area contributed by atoms with Crippen LogP contribution in [0.15, 0.2) is 71.5 Å². The molecule has 3 aromatic carbocycles. The molecule has 0 saturated carbocycles. The van der Waals surface area contributed by atoms with Gasteiger partial charge in [-0.1, -0.05) is 48.5 Å². The van der Waals surface area contributed by atoms with E-state index in [1.165, 1.54) is 5.56 Å². The Morgan fingerprint density at radius 3 is 2.61 bits per heavy atom. The second-order valence-corrected chi connectivity index (χ2v) is 7.78. The first-order chi connectivity index (χ1) is 15.1. The third-order valence-corrected chi connectivity index (χ3v) is 5.55. The van der Waals surface area contributed by atoms with Crippen molar-refractivity contribution in [2.24, 2.45) is 0 Å². The molecule has 2 N–H and O–H groups in total. The summed E-state index contributed by atoms with van der Waals surface area (Å²) in [4.78, 5) is 24.6. The summed E-state index contributed by atoms with van der Waals surface area (Å²) in [5.74, 6) is 0.642. The molecule has 0 radical (unpaired) electrons. The van der Waals surface area contributed by atoms with E-state index in [2.05, 4.69) is 46.7 Å². The van der Waals surface area contributed by atoms with Gasteiger partial charge in [-0.2, -0.15) is 5.10 Å². The second-order valence-electron chi connectivity index (χ2n) is 7.78. The maximum absolute atomic E-state index is 12.7. The van der Waals surface area contributed by atoms with Gasteiger partial charge in [-0.15, -0.1) is 0 Å². The highest BCUT2D eigenvalue weighted by Gasteiger charge is 2.19. The summed E-state index contributed by atoms with van der Waals surface area (Å²) >= 11 is 0. The summed E-state index contributed by atoms with van der Waals surface area (Å²) in [7, 11) is 0. The van der Waals surface area contributed by atoms with Crippen molar-refractivity contribution in [2.45, 2.75) is 26.0 Å². The van der Waals surface area contributed by atoms with Gasteiger partial charge in [-0.3, -0.25) is 9.59 Å². The minimum absolute atomic E-state index is 0.210. The van der Waals surface area contributed by atoms with E-state index >= 15 is 0 Å². The lowest BCUT2D eigenvalue weighted by Gasteiger charge is -2.08. The molecule has 31 heavy (non-hydrogen) atoms. The molecule has 0 saturated heterocycles. The van der Waals surface area contributed by atoms with Gasteiger partial charge in [0.2, 0.25) is 0 Å². The smallest absolute Gasteiger partial charge is 0.272 e. The molecule has 1 aromatic heterocycles. The Kier molecular flexibility index (Phi) is 4.75. The molecule has 6 heteroatoms. The zero-order valence-electron chi connectivity index (χ0n) is 17.0. The van der Waals surface area contributed by atoms with Crippen LogP contribution in [0.3, 0.4) is 0 Å². The Hall–Kier alpha value is -3.93. The fourth-order valence-corrected chi connectivity index (χ4v) is 3.97. The molecule has 0 bridgehead atoms. The topological polar surface area (TPSA) is 84.1 Å². The molecule has 1 aliphatic heterocycles. The van der Waals surface area contributed by atoms with Gasteiger partial charge in [-0.05, 0) is 47.4 Å². The monoisotopic (exact) mass is 411 g/mol. The molecular weight excluding hydrogens is 390 g/mol. The van der Waals surface area contributed by atoms with E-state index in [4.69, 9.17) is 4.74 Å². The number of nitrogens with zero attached hydrogens (tertiary/aromatic N) is 1. The van der Waals surface area contributed by atoms with Gasteiger partial charge in [0.1, 0.15) is 11.9 Å². The highest BCUT2D eigenvalue weighted by molar-refractivity contribution is 6.04. The summed E-state index contributed by atoms with van der Waals surface area (Å²) in [5, 5.41) is 10.2. The van der Waals surface area contributed by atoms with Crippen molar-refractivity contribution in [1.82, 2.24) is 15.5 Å². The fraction of sp³-hybridized carbons (Fsp3) is 0.160. The molecule has 154 valence electrons. The summed E-state index contributed by atoms with van der Waals surface area (Å²) in [6.45, 7) is 2.44. The van der Waals surface area contributed by atoms with Crippen molar-refractivity contribution < 1.29 is 9.53 Å². The minimum atomic E-state index is -0.329. The van der Waals surface area contributed by atoms with Crippen LogP contribution in [0.2, 0.25) is 0 Å². The highest BCUT2D eigenvalue weighted by atomic mass is 16.5. The first-order valence-corrected chi connectivity index (χ1v) is 10.2. The Morgan fingerprint density at radius 1 is 1.06 bits per heavy atom.